The molecule has 0 saturated heterocycles. The predicted octanol–water partition coefficient (Wildman–Crippen LogP) is 4.97. The van der Waals surface area contributed by atoms with Crippen molar-refractivity contribution in [1.82, 2.24) is 4.98 Å². The molecule has 0 aliphatic carbocycles. The number of para-hydroxylation sites is 1. The average Bonchev–Trinajstić information content (AvgIpc) is 2.61. The highest BCUT2D eigenvalue weighted by Gasteiger charge is 2.13. The summed E-state index contributed by atoms with van der Waals surface area (Å²) in [5, 5.41) is 5.40. The Morgan fingerprint density at radius 1 is 1.00 bits per heavy atom. The Morgan fingerprint density at radius 3 is 2.35 bits per heavy atom. The molecule has 1 amide bonds. The number of pyridine rings is 1. The average molecular weight is 353 g/mol. The van der Waals surface area contributed by atoms with Gasteiger partial charge in [-0.3, -0.25) is 4.79 Å². The Labute approximate surface area is 149 Å². The van der Waals surface area contributed by atoms with E-state index in [1.165, 1.54) is 18.3 Å². The second-order valence-electron chi connectivity index (χ2n) is 5.93. The molecule has 2 N–H and O–H groups in total. The summed E-state index contributed by atoms with van der Waals surface area (Å²) in [7, 11) is 0. The van der Waals surface area contributed by atoms with Crippen LogP contribution in [0, 0.1) is 25.5 Å². The number of amides is 1. The summed E-state index contributed by atoms with van der Waals surface area (Å²) in [6.07, 6.45) is 1.35. The van der Waals surface area contributed by atoms with E-state index in [0.717, 1.165) is 28.9 Å². The minimum absolute atomic E-state index is 0.193. The number of nitrogens with one attached hydrogen (secondary N) is 2. The fourth-order valence-corrected chi connectivity index (χ4v) is 2.50. The van der Waals surface area contributed by atoms with Gasteiger partial charge < -0.3 is 10.6 Å². The Hall–Kier alpha value is -3.28. The van der Waals surface area contributed by atoms with Gasteiger partial charge in [0.2, 0.25) is 0 Å². The minimum atomic E-state index is -0.834. The lowest BCUT2D eigenvalue weighted by Crippen LogP contribution is -2.14. The molecule has 0 aliphatic heterocycles. The number of halogens is 2. The largest absolute Gasteiger partial charge is 0.340 e. The lowest BCUT2D eigenvalue weighted by molar-refractivity contribution is 0.102. The molecular formula is C20H17F2N3O. The van der Waals surface area contributed by atoms with E-state index in [-0.39, 0.29) is 5.56 Å². The van der Waals surface area contributed by atoms with Crippen LogP contribution in [-0.2, 0) is 0 Å². The summed E-state index contributed by atoms with van der Waals surface area (Å²) in [6.45, 7) is 4.00. The van der Waals surface area contributed by atoms with Gasteiger partial charge in [0.05, 0.1) is 5.56 Å². The van der Waals surface area contributed by atoms with Crippen molar-refractivity contribution in [2.45, 2.75) is 13.8 Å². The Balaban J connectivity index is 1.74. The number of benzene rings is 2. The number of carbonyl (C=O) groups excluding carboxylic acids is 1. The Kier molecular flexibility index (Phi) is 4.93. The van der Waals surface area contributed by atoms with E-state index in [1.807, 2.05) is 32.0 Å². The van der Waals surface area contributed by atoms with Gasteiger partial charge in [0, 0.05) is 11.9 Å². The third-order valence-electron chi connectivity index (χ3n) is 3.87. The summed E-state index contributed by atoms with van der Waals surface area (Å²) >= 11 is 0. The highest BCUT2D eigenvalue weighted by Crippen LogP contribution is 2.21. The van der Waals surface area contributed by atoms with Gasteiger partial charge in [0.15, 0.2) is 0 Å². The van der Waals surface area contributed by atoms with Gasteiger partial charge >= 0.3 is 0 Å². The first-order valence-corrected chi connectivity index (χ1v) is 8.00. The summed E-state index contributed by atoms with van der Waals surface area (Å²) in [4.78, 5) is 16.4. The van der Waals surface area contributed by atoms with Crippen molar-refractivity contribution in [2.75, 3.05) is 10.6 Å². The molecule has 0 saturated carbocycles. The Bertz CT molecular complexity index is 936. The van der Waals surface area contributed by atoms with Crippen molar-refractivity contribution in [2.24, 2.45) is 0 Å². The molecule has 0 unspecified atom stereocenters. The van der Waals surface area contributed by atoms with Crippen LogP contribution in [0.15, 0.2) is 54.7 Å². The molecule has 0 radical (unpaired) electrons. The quantitative estimate of drug-likeness (QED) is 0.696. The highest BCUT2D eigenvalue weighted by atomic mass is 19.1. The van der Waals surface area contributed by atoms with Crippen LogP contribution in [0.25, 0.3) is 0 Å². The van der Waals surface area contributed by atoms with Crippen molar-refractivity contribution in [1.29, 1.82) is 0 Å². The van der Waals surface area contributed by atoms with Gasteiger partial charge in [-0.25, -0.2) is 13.8 Å². The first-order valence-electron chi connectivity index (χ1n) is 8.00. The van der Waals surface area contributed by atoms with Gasteiger partial charge in [-0.15, -0.1) is 0 Å². The number of hydrogen-bond donors (Lipinski definition) is 2. The van der Waals surface area contributed by atoms with Crippen LogP contribution in [0.4, 0.5) is 26.0 Å². The van der Waals surface area contributed by atoms with Crippen molar-refractivity contribution < 1.29 is 13.6 Å². The zero-order valence-electron chi connectivity index (χ0n) is 14.3. The molecule has 4 nitrogen and oxygen atoms in total. The fraction of sp³-hybridized carbons (Fsp3) is 0.100. The van der Waals surface area contributed by atoms with Crippen LogP contribution >= 0.6 is 0 Å². The minimum Gasteiger partial charge on any atom is -0.340 e. The zero-order chi connectivity index (χ0) is 18.7. The topological polar surface area (TPSA) is 54.0 Å². The zero-order valence-corrected chi connectivity index (χ0v) is 14.3. The van der Waals surface area contributed by atoms with Crippen molar-refractivity contribution in [3.05, 3.63) is 83.1 Å². The van der Waals surface area contributed by atoms with E-state index in [2.05, 4.69) is 15.6 Å². The number of aryl methyl sites for hydroxylation is 2. The van der Waals surface area contributed by atoms with Crippen LogP contribution in [0.5, 0.6) is 0 Å². The molecule has 1 heterocycles. The smallest absolute Gasteiger partial charge is 0.257 e. The SMILES string of the molecule is Cc1ccc(Nc2ccc(C(=O)Nc3c(F)cccc3F)cn2)c(C)c1. The van der Waals surface area contributed by atoms with E-state index >= 15 is 0 Å². The number of rotatable bonds is 4. The van der Waals surface area contributed by atoms with Gasteiger partial charge in [0.25, 0.3) is 5.91 Å². The van der Waals surface area contributed by atoms with Crippen molar-refractivity contribution in [3.8, 4) is 0 Å². The third kappa shape index (κ3) is 3.85. The first-order chi connectivity index (χ1) is 12.4. The summed E-state index contributed by atoms with van der Waals surface area (Å²) in [5.41, 5.74) is 2.86. The van der Waals surface area contributed by atoms with Gasteiger partial charge in [-0.05, 0) is 49.7 Å². The van der Waals surface area contributed by atoms with Gasteiger partial charge in [0.1, 0.15) is 23.1 Å². The molecule has 3 rings (SSSR count). The second kappa shape index (κ2) is 7.31. The molecule has 0 fully saturated rings. The van der Waals surface area contributed by atoms with E-state index in [1.54, 1.807) is 6.07 Å². The maximum Gasteiger partial charge on any atom is 0.257 e. The molecule has 6 heteroatoms. The molecule has 0 atom stereocenters. The summed E-state index contributed by atoms with van der Waals surface area (Å²) in [5.74, 6) is -1.75. The van der Waals surface area contributed by atoms with Gasteiger partial charge in [-0.1, -0.05) is 23.8 Å². The molecule has 26 heavy (non-hydrogen) atoms. The normalized spacial score (nSPS) is 10.5. The number of aromatic nitrogens is 1. The van der Waals surface area contributed by atoms with Gasteiger partial charge in [-0.2, -0.15) is 0 Å². The van der Waals surface area contributed by atoms with E-state index < -0.39 is 23.2 Å². The molecule has 2 aromatic carbocycles. The molecular weight excluding hydrogens is 336 g/mol. The predicted molar refractivity (Wildman–Crippen MR) is 97.7 cm³/mol. The highest BCUT2D eigenvalue weighted by molar-refractivity contribution is 6.04. The van der Waals surface area contributed by atoms with Crippen LogP contribution in [0.1, 0.15) is 21.5 Å². The van der Waals surface area contributed by atoms with Crippen molar-refractivity contribution >= 4 is 23.1 Å². The molecule has 0 aliphatic rings. The number of carbonyl (C=O) groups is 1. The van der Waals surface area contributed by atoms with Crippen LogP contribution in [-0.4, -0.2) is 10.9 Å². The van der Waals surface area contributed by atoms with E-state index in [9.17, 15) is 13.6 Å². The van der Waals surface area contributed by atoms with Crippen molar-refractivity contribution in [3.63, 3.8) is 0 Å². The maximum atomic E-state index is 13.6. The van der Waals surface area contributed by atoms with E-state index in [4.69, 9.17) is 0 Å². The summed E-state index contributed by atoms with van der Waals surface area (Å²) in [6, 6.07) is 12.5. The molecule has 3 aromatic rings. The first kappa shape index (κ1) is 17.5. The van der Waals surface area contributed by atoms with Crippen LogP contribution < -0.4 is 10.6 Å². The molecule has 0 bridgehead atoms. The lowest BCUT2D eigenvalue weighted by Gasteiger charge is -2.10. The van der Waals surface area contributed by atoms with Crippen LogP contribution in [0.3, 0.4) is 0 Å². The molecule has 0 spiro atoms. The monoisotopic (exact) mass is 353 g/mol. The second-order valence-corrected chi connectivity index (χ2v) is 5.93. The van der Waals surface area contributed by atoms with Crippen LogP contribution in [0.2, 0.25) is 0 Å². The number of nitrogens with zero attached hydrogens (tertiary/aromatic N) is 1. The number of anilines is 3. The molecule has 132 valence electrons. The maximum absolute atomic E-state index is 13.6. The molecule has 1 aromatic heterocycles. The number of hydrogen-bond acceptors (Lipinski definition) is 3. The Morgan fingerprint density at radius 2 is 1.73 bits per heavy atom. The van der Waals surface area contributed by atoms with E-state index in [0.29, 0.717) is 5.82 Å². The standard InChI is InChI=1S/C20H17F2N3O/c1-12-6-8-17(13(2)10-12)24-18-9-7-14(11-23-18)20(26)25-19-15(21)4-3-5-16(19)22/h3-11H,1-2H3,(H,23,24)(H,25,26). The lowest BCUT2D eigenvalue weighted by atomic mass is 10.1. The third-order valence-corrected chi connectivity index (χ3v) is 3.87. The fourth-order valence-electron chi connectivity index (χ4n) is 2.50. The summed E-state index contributed by atoms with van der Waals surface area (Å²) < 4.78 is 27.2.